The number of likely N-dealkylation sites (tertiary alicyclic amines) is 1. The van der Waals surface area contributed by atoms with E-state index in [-0.39, 0.29) is 18.1 Å². The summed E-state index contributed by atoms with van der Waals surface area (Å²) < 4.78 is 6.09. The van der Waals surface area contributed by atoms with Crippen molar-refractivity contribution >= 4 is 39.6 Å². The molecule has 2 aliphatic rings. The van der Waals surface area contributed by atoms with E-state index in [1.165, 1.54) is 11.0 Å². The van der Waals surface area contributed by atoms with Gasteiger partial charge in [0.15, 0.2) is 0 Å². The van der Waals surface area contributed by atoms with Crippen molar-refractivity contribution in [3.63, 3.8) is 0 Å². The normalized spacial score (nSPS) is 16.3. The summed E-state index contributed by atoms with van der Waals surface area (Å²) in [7, 11) is 0. The second-order valence-corrected chi connectivity index (χ2v) is 9.14. The molecule has 0 spiro atoms. The summed E-state index contributed by atoms with van der Waals surface area (Å²) in [5.41, 5.74) is 5.20. The van der Waals surface area contributed by atoms with Gasteiger partial charge in [0.2, 0.25) is 0 Å². The highest BCUT2D eigenvalue weighted by Crippen LogP contribution is 2.44. The van der Waals surface area contributed by atoms with E-state index in [9.17, 15) is 19.5 Å². The number of fused-ring (bicyclic) bond motifs is 3. The van der Waals surface area contributed by atoms with Gasteiger partial charge >= 0.3 is 12.1 Å². The van der Waals surface area contributed by atoms with Gasteiger partial charge in [0.1, 0.15) is 12.6 Å². The van der Waals surface area contributed by atoms with Crippen LogP contribution in [0, 0.1) is 0 Å². The summed E-state index contributed by atoms with van der Waals surface area (Å²) in [6.07, 6.45) is -0.203. The number of aliphatic carboxylic acids is 1. The van der Waals surface area contributed by atoms with Crippen molar-refractivity contribution in [2.45, 2.75) is 18.4 Å². The van der Waals surface area contributed by atoms with E-state index in [0.29, 0.717) is 23.1 Å². The van der Waals surface area contributed by atoms with Gasteiger partial charge in [0.05, 0.1) is 5.56 Å². The Bertz CT molecular complexity index is 1260. The average molecular weight is 521 g/mol. The molecule has 1 saturated heterocycles. The summed E-state index contributed by atoms with van der Waals surface area (Å²) in [6.45, 7) is 0.558. The van der Waals surface area contributed by atoms with Crippen molar-refractivity contribution in [3.8, 4) is 11.1 Å². The van der Waals surface area contributed by atoms with Crippen LogP contribution in [0.15, 0.2) is 71.2 Å². The topological polar surface area (TPSA) is 95.9 Å². The Morgan fingerprint density at radius 1 is 1.00 bits per heavy atom. The van der Waals surface area contributed by atoms with E-state index in [0.717, 1.165) is 22.3 Å². The Hall–Kier alpha value is -3.65. The number of carbonyl (C=O) groups is 3. The minimum absolute atomic E-state index is 0.0559. The maximum atomic E-state index is 12.8. The SMILES string of the molecule is O=C(Nc1ccc(Br)c(C(=O)N2CCC2C(=O)O)c1)OCC1c2ccccc2-c2ccccc21. The maximum Gasteiger partial charge on any atom is 0.411 e. The number of nitrogens with one attached hydrogen (secondary N) is 1. The predicted octanol–water partition coefficient (Wildman–Crippen LogP) is 5.11. The van der Waals surface area contributed by atoms with Gasteiger partial charge in [-0.05, 0) is 62.8 Å². The average Bonchev–Trinajstić information content (AvgIpc) is 3.11. The number of rotatable bonds is 5. The molecule has 7 nitrogen and oxygen atoms in total. The molecule has 1 aliphatic carbocycles. The fourth-order valence-corrected chi connectivity index (χ4v) is 4.98. The molecule has 5 rings (SSSR count). The maximum absolute atomic E-state index is 12.8. The molecule has 2 amide bonds. The smallest absolute Gasteiger partial charge is 0.411 e. The van der Waals surface area contributed by atoms with Crippen LogP contribution < -0.4 is 5.32 Å². The standard InChI is InChI=1S/C26H21BrN2O5/c27-22-10-9-15(13-20(22)24(30)29-12-11-23(29)25(31)32)28-26(33)34-14-21-18-7-3-1-5-16(18)17-6-2-4-8-19(17)21/h1-10,13,21,23H,11-12,14H2,(H,28,33)(H,31,32). The zero-order valence-electron chi connectivity index (χ0n) is 18.0. The largest absolute Gasteiger partial charge is 0.480 e. The number of carbonyl (C=O) groups excluding carboxylic acids is 2. The molecule has 1 fully saturated rings. The molecule has 2 N–H and O–H groups in total. The fourth-order valence-electron chi connectivity index (χ4n) is 4.56. The number of amides is 2. The minimum Gasteiger partial charge on any atom is -0.480 e. The number of carboxylic acids is 1. The predicted molar refractivity (Wildman–Crippen MR) is 130 cm³/mol. The first kappa shape index (κ1) is 22.2. The van der Waals surface area contributed by atoms with Crippen molar-refractivity contribution in [2.24, 2.45) is 0 Å². The highest BCUT2D eigenvalue weighted by Gasteiger charge is 2.38. The lowest BCUT2D eigenvalue weighted by Gasteiger charge is -2.38. The molecule has 8 heteroatoms. The molecule has 1 unspecified atom stereocenters. The summed E-state index contributed by atoms with van der Waals surface area (Å²) in [4.78, 5) is 38.0. The lowest BCUT2D eigenvalue weighted by molar-refractivity contribution is -0.146. The molecule has 1 aliphatic heterocycles. The fraction of sp³-hybridized carbons (Fsp3) is 0.192. The van der Waals surface area contributed by atoms with Gasteiger partial charge in [-0.3, -0.25) is 10.1 Å². The molecule has 3 aromatic rings. The van der Waals surface area contributed by atoms with E-state index < -0.39 is 24.0 Å². The van der Waals surface area contributed by atoms with Crippen LogP contribution in [0.25, 0.3) is 11.1 Å². The van der Waals surface area contributed by atoms with E-state index in [1.807, 2.05) is 36.4 Å². The number of carboxylic acid groups (broad SMARTS) is 1. The molecule has 0 aromatic heterocycles. The second-order valence-electron chi connectivity index (χ2n) is 8.29. The number of nitrogens with zero attached hydrogens (tertiary/aromatic N) is 1. The third-order valence-corrected chi connectivity index (χ3v) is 7.04. The van der Waals surface area contributed by atoms with Gasteiger partial charge in [0.25, 0.3) is 5.91 Å². The molecule has 0 bridgehead atoms. The molecular formula is C26H21BrN2O5. The molecule has 172 valence electrons. The van der Waals surface area contributed by atoms with Crippen LogP contribution in [0.1, 0.15) is 33.8 Å². The Morgan fingerprint density at radius 3 is 2.24 bits per heavy atom. The lowest BCUT2D eigenvalue weighted by atomic mass is 9.98. The number of hydrogen-bond acceptors (Lipinski definition) is 4. The van der Waals surface area contributed by atoms with Crippen LogP contribution in [-0.4, -0.2) is 47.2 Å². The second kappa shape index (κ2) is 8.95. The Labute approximate surface area is 204 Å². The Kier molecular flexibility index (Phi) is 5.83. The summed E-state index contributed by atoms with van der Waals surface area (Å²) in [6, 6.07) is 20.2. The zero-order valence-corrected chi connectivity index (χ0v) is 19.6. The van der Waals surface area contributed by atoms with Crippen LogP contribution in [0.2, 0.25) is 0 Å². The van der Waals surface area contributed by atoms with Gasteiger partial charge in [0, 0.05) is 22.6 Å². The van der Waals surface area contributed by atoms with Gasteiger partial charge in [-0.15, -0.1) is 0 Å². The third-order valence-electron chi connectivity index (χ3n) is 6.35. The Balaban J connectivity index is 1.27. The summed E-state index contributed by atoms with van der Waals surface area (Å²) in [5.74, 6) is -1.48. The number of halogens is 1. The molecular weight excluding hydrogens is 500 g/mol. The molecule has 0 radical (unpaired) electrons. The third kappa shape index (κ3) is 3.94. The van der Waals surface area contributed by atoms with E-state index >= 15 is 0 Å². The van der Waals surface area contributed by atoms with Crippen molar-refractivity contribution in [1.82, 2.24) is 4.90 Å². The first-order valence-electron chi connectivity index (χ1n) is 10.9. The minimum atomic E-state index is -1.02. The van der Waals surface area contributed by atoms with Crippen LogP contribution in [-0.2, 0) is 9.53 Å². The number of ether oxygens (including phenoxy) is 1. The molecule has 3 aromatic carbocycles. The van der Waals surface area contributed by atoms with Crippen LogP contribution in [0.5, 0.6) is 0 Å². The number of hydrogen-bond donors (Lipinski definition) is 2. The van der Waals surface area contributed by atoms with Crippen molar-refractivity contribution < 1.29 is 24.2 Å². The monoisotopic (exact) mass is 520 g/mol. The van der Waals surface area contributed by atoms with Crippen LogP contribution in [0.3, 0.4) is 0 Å². The number of anilines is 1. The lowest BCUT2D eigenvalue weighted by Crippen LogP contribution is -2.55. The summed E-state index contributed by atoms with van der Waals surface area (Å²) >= 11 is 3.34. The molecule has 34 heavy (non-hydrogen) atoms. The summed E-state index contributed by atoms with van der Waals surface area (Å²) in [5, 5.41) is 11.9. The Morgan fingerprint density at radius 2 is 1.65 bits per heavy atom. The van der Waals surface area contributed by atoms with Crippen LogP contribution >= 0.6 is 15.9 Å². The van der Waals surface area contributed by atoms with Gasteiger partial charge in [-0.1, -0.05) is 48.5 Å². The first-order valence-corrected chi connectivity index (χ1v) is 11.7. The van der Waals surface area contributed by atoms with Crippen molar-refractivity contribution in [3.05, 3.63) is 87.9 Å². The van der Waals surface area contributed by atoms with Crippen LogP contribution in [0.4, 0.5) is 10.5 Å². The molecule has 0 saturated carbocycles. The first-order chi connectivity index (χ1) is 16.4. The molecule has 1 heterocycles. The van der Waals surface area contributed by atoms with E-state index in [2.05, 4.69) is 33.4 Å². The van der Waals surface area contributed by atoms with E-state index in [1.54, 1.807) is 12.1 Å². The quantitative estimate of drug-likeness (QED) is 0.487. The number of benzene rings is 3. The van der Waals surface area contributed by atoms with E-state index in [4.69, 9.17) is 4.74 Å². The van der Waals surface area contributed by atoms with Gasteiger partial charge < -0.3 is 14.7 Å². The highest BCUT2D eigenvalue weighted by atomic mass is 79.9. The van der Waals surface area contributed by atoms with Crippen molar-refractivity contribution in [1.29, 1.82) is 0 Å². The highest BCUT2D eigenvalue weighted by molar-refractivity contribution is 9.10. The van der Waals surface area contributed by atoms with Gasteiger partial charge in [-0.2, -0.15) is 0 Å². The van der Waals surface area contributed by atoms with Crippen molar-refractivity contribution in [2.75, 3.05) is 18.5 Å². The van der Waals surface area contributed by atoms with Gasteiger partial charge in [-0.25, -0.2) is 9.59 Å². The zero-order chi connectivity index (χ0) is 23.8. The molecule has 1 atom stereocenters.